The van der Waals surface area contributed by atoms with E-state index in [-0.39, 0.29) is 35.6 Å². The van der Waals surface area contributed by atoms with Gasteiger partial charge in [0.2, 0.25) is 15.9 Å². The molecule has 2 heterocycles. The second-order valence-corrected chi connectivity index (χ2v) is 9.29. The van der Waals surface area contributed by atoms with E-state index in [9.17, 15) is 13.2 Å². The van der Waals surface area contributed by atoms with Crippen molar-refractivity contribution in [2.24, 2.45) is 18.4 Å². The van der Waals surface area contributed by atoms with Crippen LogP contribution in [0.4, 0.5) is 0 Å². The zero-order chi connectivity index (χ0) is 17.4. The molecule has 1 aromatic heterocycles. The molecule has 2 atom stereocenters. The van der Waals surface area contributed by atoms with E-state index in [2.05, 4.69) is 9.71 Å². The van der Waals surface area contributed by atoms with E-state index in [1.165, 1.54) is 0 Å². The molecule has 8 heteroatoms. The topological polar surface area (TPSA) is 84.3 Å². The van der Waals surface area contributed by atoms with Crippen molar-refractivity contribution in [1.29, 1.82) is 0 Å². The zero-order valence-electron chi connectivity index (χ0n) is 14.4. The maximum atomic E-state index is 12.2. The van der Waals surface area contributed by atoms with Crippen LogP contribution < -0.4 is 4.72 Å². The smallest absolute Gasteiger partial charge is 0.223 e. The predicted octanol–water partition coefficient (Wildman–Crippen LogP) is 0.905. The average molecular weight is 342 g/mol. The number of carbonyl (C=O) groups excluding carboxylic acids is 1. The number of aryl methyl sites for hydroxylation is 1. The molecule has 0 unspecified atom stereocenters. The van der Waals surface area contributed by atoms with Crippen molar-refractivity contribution in [1.82, 2.24) is 19.2 Å². The number of carbonyl (C=O) groups is 1. The van der Waals surface area contributed by atoms with E-state index >= 15 is 0 Å². The lowest BCUT2D eigenvalue weighted by atomic mass is 10.00. The van der Waals surface area contributed by atoms with Crippen LogP contribution in [0.1, 0.15) is 39.1 Å². The molecular formula is C15H26N4O3S. The number of imidazole rings is 1. The molecule has 0 aliphatic carbocycles. The minimum atomic E-state index is -3.37. The highest BCUT2D eigenvalue weighted by Gasteiger charge is 2.41. The van der Waals surface area contributed by atoms with Crippen molar-refractivity contribution in [3.8, 4) is 0 Å². The van der Waals surface area contributed by atoms with Gasteiger partial charge in [0.1, 0.15) is 5.82 Å². The summed E-state index contributed by atoms with van der Waals surface area (Å²) in [5.41, 5.74) is -0.312. The van der Waals surface area contributed by atoms with Gasteiger partial charge in [-0.25, -0.2) is 18.1 Å². The van der Waals surface area contributed by atoms with Gasteiger partial charge >= 0.3 is 0 Å². The first-order chi connectivity index (χ1) is 10.5. The minimum Gasteiger partial charge on any atom is -0.336 e. The first-order valence-electron chi connectivity index (χ1n) is 7.70. The maximum Gasteiger partial charge on any atom is 0.223 e. The molecule has 23 heavy (non-hydrogen) atoms. The fourth-order valence-electron chi connectivity index (χ4n) is 3.04. The normalized spacial score (nSPS) is 22.8. The summed E-state index contributed by atoms with van der Waals surface area (Å²) in [6.45, 7) is 5.90. The van der Waals surface area contributed by atoms with E-state index in [1.54, 1.807) is 18.1 Å². The number of hydrogen-bond donors (Lipinski definition) is 1. The molecule has 0 saturated carbocycles. The van der Waals surface area contributed by atoms with Crippen molar-refractivity contribution in [3.63, 3.8) is 0 Å². The molecule has 1 amide bonds. The number of nitrogens with zero attached hydrogens (tertiary/aromatic N) is 3. The molecule has 0 bridgehead atoms. The molecule has 1 aliphatic heterocycles. The van der Waals surface area contributed by atoms with Crippen LogP contribution in [0.5, 0.6) is 0 Å². The predicted molar refractivity (Wildman–Crippen MR) is 88.1 cm³/mol. The first-order valence-corrected chi connectivity index (χ1v) is 9.35. The summed E-state index contributed by atoms with van der Waals surface area (Å²) in [6, 6.07) is -0.208. The molecule has 1 aliphatic rings. The highest BCUT2D eigenvalue weighted by molar-refractivity contribution is 7.89. The van der Waals surface area contributed by atoms with Crippen LogP contribution in [0, 0.1) is 11.3 Å². The summed E-state index contributed by atoms with van der Waals surface area (Å²) >= 11 is 0. The number of rotatable bonds is 5. The third-order valence-corrected chi connectivity index (χ3v) is 5.86. The quantitative estimate of drug-likeness (QED) is 0.862. The van der Waals surface area contributed by atoms with E-state index in [0.717, 1.165) is 5.82 Å². The molecule has 7 nitrogen and oxygen atoms in total. The van der Waals surface area contributed by atoms with Gasteiger partial charge in [-0.2, -0.15) is 0 Å². The van der Waals surface area contributed by atoms with Crippen LogP contribution in [0.25, 0.3) is 0 Å². The Morgan fingerprint density at radius 1 is 1.35 bits per heavy atom. The second kappa shape index (κ2) is 6.24. The molecule has 130 valence electrons. The van der Waals surface area contributed by atoms with E-state index in [0.29, 0.717) is 6.42 Å². The molecule has 1 aromatic rings. The standard InChI is InChI=1S/C15H26N4O3S/c1-15(2,3)10-23(21,22)17-9-11-8-12(20)19(5)13(11)14-16-6-7-18(14)4/h6-7,11,13,17H,8-10H2,1-5H3/t11-,13+/m0/s1. The Morgan fingerprint density at radius 2 is 2.00 bits per heavy atom. The van der Waals surface area contributed by atoms with Crippen LogP contribution in [-0.4, -0.2) is 48.1 Å². The summed E-state index contributed by atoms with van der Waals surface area (Å²) in [6.07, 6.45) is 3.84. The molecule has 2 rings (SSSR count). The van der Waals surface area contributed by atoms with Crippen LogP contribution in [0.15, 0.2) is 12.4 Å². The van der Waals surface area contributed by atoms with E-state index in [4.69, 9.17) is 0 Å². The number of sulfonamides is 1. The van der Waals surface area contributed by atoms with Crippen molar-refractivity contribution >= 4 is 15.9 Å². The molecule has 1 saturated heterocycles. The fraction of sp³-hybridized carbons (Fsp3) is 0.733. The van der Waals surface area contributed by atoms with E-state index in [1.807, 2.05) is 38.6 Å². The molecule has 0 spiro atoms. The summed E-state index contributed by atoms with van der Waals surface area (Å²) in [7, 11) is 0.245. The Balaban J connectivity index is 2.12. The largest absolute Gasteiger partial charge is 0.336 e. The third kappa shape index (κ3) is 4.32. The van der Waals surface area contributed by atoms with Gasteiger partial charge in [0.25, 0.3) is 0 Å². The van der Waals surface area contributed by atoms with Crippen molar-refractivity contribution in [2.45, 2.75) is 33.2 Å². The molecule has 1 fully saturated rings. The summed E-state index contributed by atoms with van der Waals surface area (Å²) in [5.74, 6) is 0.726. The number of hydrogen-bond acceptors (Lipinski definition) is 4. The minimum absolute atomic E-state index is 0.0121. The van der Waals surface area contributed by atoms with Gasteiger partial charge in [-0.05, 0) is 5.41 Å². The summed E-state index contributed by atoms with van der Waals surface area (Å²) in [5, 5.41) is 0. The maximum absolute atomic E-state index is 12.2. The number of amides is 1. The zero-order valence-corrected chi connectivity index (χ0v) is 15.2. The van der Waals surface area contributed by atoms with Crippen molar-refractivity contribution < 1.29 is 13.2 Å². The lowest BCUT2D eigenvalue weighted by Gasteiger charge is -2.25. The first kappa shape index (κ1) is 17.9. The van der Waals surface area contributed by atoms with Crippen LogP contribution in [0.2, 0.25) is 0 Å². The molecule has 0 aromatic carbocycles. The van der Waals surface area contributed by atoms with Gasteiger partial charge in [-0.15, -0.1) is 0 Å². The van der Waals surface area contributed by atoms with Gasteiger partial charge in [0.15, 0.2) is 0 Å². The number of likely N-dealkylation sites (tertiary alicyclic amines) is 1. The monoisotopic (exact) mass is 342 g/mol. The second-order valence-electron chi connectivity index (χ2n) is 7.48. The Bertz CT molecular complexity index is 675. The molecule has 0 radical (unpaired) electrons. The molecule has 1 N–H and O–H groups in total. The lowest BCUT2D eigenvalue weighted by molar-refractivity contribution is -0.127. The van der Waals surface area contributed by atoms with Crippen molar-refractivity contribution in [3.05, 3.63) is 18.2 Å². The van der Waals surface area contributed by atoms with Gasteiger partial charge in [-0.1, -0.05) is 20.8 Å². The Morgan fingerprint density at radius 3 is 2.52 bits per heavy atom. The van der Waals surface area contributed by atoms with Crippen LogP contribution in [0.3, 0.4) is 0 Å². The lowest BCUT2D eigenvalue weighted by Crippen LogP contribution is -2.37. The average Bonchev–Trinajstić information content (AvgIpc) is 2.90. The van der Waals surface area contributed by atoms with Gasteiger partial charge in [0, 0.05) is 45.4 Å². The van der Waals surface area contributed by atoms with Crippen LogP contribution in [-0.2, 0) is 21.9 Å². The SMILES string of the molecule is CN1C(=O)C[C@@H](CNS(=O)(=O)CC(C)(C)C)[C@@H]1c1nccn1C. The van der Waals surface area contributed by atoms with E-state index < -0.39 is 10.0 Å². The summed E-state index contributed by atoms with van der Waals surface area (Å²) < 4.78 is 28.9. The number of nitrogens with one attached hydrogen (secondary N) is 1. The van der Waals surface area contributed by atoms with Gasteiger partial charge in [-0.3, -0.25) is 4.79 Å². The number of aromatic nitrogens is 2. The van der Waals surface area contributed by atoms with Crippen molar-refractivity contribution in [2.75, 3.05) is 19.3 Å². The third-order valence-electron chi connectivity index (χ3n) is 4.01. The Kier molecular flexibility index (Phi) is 4.86. The highest BCUT2D eigenvalue weighted by atomic mass is 32.2. The van der Waals surface area contributed by atoms with Gasteiger partial charge < -0.3 is 9.47 Å². The molecular weight excluding hydrogens is 316 g/mol. The fourth-order valence-corrected chi connectivity index (χ4v) is 4.75. The van der Waals surface area contributed by atoms with Gasteiger partial charge in [0.05, 0.1) is 11.8 Å². The summed E-state index contributed by atoms with van der Waals surface area (Å²) in [4.78, 5) is 18.1. The Labute approximate surface area is 138 Å². The van der Waals surface area contributed by atoms with Crippen LogP contribution >= 0.6 is 0 Å². The Hall–Kier alpha value is -1.41. The highest BCUT2D eigenvalue weighted by Crippen LogP contribution is 2.35.